The summed E-state index contributed by atoms with van der Waals surface area (Å²) in [6.45, 7) is 0.650. The van der Waals surface area contributed by atoms with Crippen LogP contribution in [0.5, 0.6) is 5.75 Å². The predicted octanol–water partition coefficient (Wildman–Crippen LogP) is 1.98. The smallest absolute Gasteiger partial charge is 0.119 e. The van der Waals surface area contributed by atoms with Gasteiger partial charge in [-0.05, 0) is 25.0 Å². The second-order valence-electron chi connectivity index (χ2n) is 3.46. The summed E-state index contributed by atoms with van der Waals surface area (Å²) in [5, 5.41) is 0. The second kappa shape index (κ2) is 3.99. The Labute approximate surface area is 84.5 Å². The van der Waals surface area contributed by atoms with Crippen LogP contribution < -0.4 is 10.5 Å². The molecule has 0 unspecified atom stereocenters. The maximum Gasteiger partial charge on any atom is 0.119 e. The molecular weight excluding hydrogens is 186 g/mol. The van der Waals surface area contributed by atoms with Crippen LogP contribution in [0.25, 0.3) is 0 Å². The Bertz CT molecular complexity index is 259. The Morgan fingerprint density at radius 3 is 2.38 bits per heavy atom. The summed E-state index contributed by atoms with van der Waals surface area (Å²) in [6, 6.07) is 9.80. The lowest BCUT2D eigenvalue weighted by Gasteiger charge is -2.10. The highest BCUT2D eigenvalue weighted by Gasteiger charge is 2.38. The molecule has 2 rings (SSSR count). The lowest BCUT2D eigenvalue weighted by Crippen LogP contribution is -2.29. The van der Waals surface area contributed by atoms with Gasteiger partial charge in [0.15, 0.2) is 0 Å². The average molecular weight is 200 g/mol. The summed E-state index contributed by atoms with van der Waals surface area (Å²) >= 11 is 0. The third-order valence-electron chi connectivity index (χ3n) is 2.16. The van der Waals surface area contributed by atoms with E-state index in [1.165, 1.54) is 0 Å². The molecule has 0 atom stereocenters. The molecule has 0 radical (unpaired) electrons. The van der Waals surface area contributed by atoms with Crippen LogP contribution in [0.4, 0.5) is 0 Å². The quantitative estimate of drug-likeness (QED) is 0.808. The zero-order valence-corrected chi connectivity index (χ0v) is 8.22. The number of hydrogen-bond donors (Lipinski definition) is 1. The zero-order chi connectivity index (χ0) is 8.44. The number of rotatable bonds is 3. The molecule has 1 aliphatic carbocycles. The number of halogens is 1. The Kier molecular flexibility index (Phi) is 3.17. The van der Waals surface area contributed by atoms with Gasteiger partial charge in [-0.3, -0.25) is 0 Å². The van der Waals surface area contributed by atoms with Crippen LogP contribution in [-0.2, 0) is 0 Å². The maximum absolute atomic E-state index is 5.87. The number of benzene rings is 1. The molecule has 72 valence electrons. The van der Waals surface area contributed by atoms with E-state index >= 15 is 0 Å². The van der Waals surface area contributed by atoms with Gasteiger partial charge in [0, 0.05) is 0 Å². The van der Waals surface area contributed by atoms with Crippen LogP contribution in [0.2, 0.25) is 0 Å². The lowest BCUT2D eigenvalue weighted by atomic mass is 10.3. The Balaban J connectivity index is 0.000000845. The monoisotopic (exact) mass is 199 g/mol. The Morgan fingerprint density at radius 1 is 1.23 bits per heavy atom. The van der Waals surface area contributed by atoms with Crippen LogP contribution in [0.1, 0.15) is 12.8 Å². The SMILES string of the molecule is Cl.NC1(COc2ccccc2)CC1. The highest BCUT2D eigenvalue weighted by Crippen LogP contribution is 2.32. The number of hydrogen-bond acceptors (Lipinski definition) is 2. The van der Waals surface area contributed by atoms with Gasteiger partial charge < -0.3 is 10.5 Å². The zero-order valence-electron chi connectivity index (χ0n) is 7.40. The fourth-order valence-electron chi connectivity index (χ4n) is 1.05. The molecule has 0 bridgehead atoms. The fourth-order valence-corrected chi connectivity index (χ4v) is 1.05. The van der Waals surface area contributed by atoms with Crippen molar-refractivity contribution in [3.05, 3.63) is 30.3 Å². The van der Waals surface area contributed by atoms with E-state index in [4.69, 9.17) is 10.5 Å². The van der Waals surface area contributed by atoms with Crippen LogP contribution in [-0.4, -0.2) is 12.1 Å². The third-order valence-corrected chi connectivity index (χ3v) is 2.16. The predicted molar refractivity (Wildman–Crippen MR) is 55.3 cm³/mol. The van der Waals surface area contributed by atoms with E-state index in [9.17, 15) is 0 Å². The van der Waals surface area contributed by atoms with Gasteiger partial charge in [-0.15, -0.1) is 12.4 Å². The van der Waals surface area contributed by atoms with E-state index in [1.54, 1.807) is 0 Å². The van der Waals surface area contributed by atoms with Crippen molar-refractivity contribution in [1.29, 1.82) is 0 Å². The molecule has 0 amide bonds. The number of nitrogens with two attached hydrogens (primary N) is 1. The summed E-state index contributed by atoms with van der Waals surface area (Å²) in [6.07, 6.45) is 2.19. The topological polar surface area (TPSA) is 35.2 Å². The van der Waals surface area contributed by atoms with Gasteiger partial charge in [0.05, 0.1) is 5.54 Å². The van der Waals surface area contributed by atoms with Crippen LogP contribution >= 0.6 is 12.4 Å². The Morgan fingerprint density at radius 2 is 1.85 bits per heavy atom. The summed E-state index contributed by atoms with van der Waals surface area (Å²) in [5.74, 6) is 0.911. The van der Waals surface area contributed by atoms with Gasteiger partial charge in [-0.25, -0.2) is 0 Å². The molecule has 1 saturated carbocycles. The van der Waals surface area contributed by atoms with E-state index < -0.39 is 0 Å². The molecule has 1 aliphatic rings. The number of para-hydroxylation sites is 1. The van der Waals surface area contributed by atoms with Crippen molar-refractivity contribution in [2.75, 3.05) is 6.61 Å². The first-order chi connectivity index (χ1) is 5.79. The van der Waals surface area contributed by atoms with Crippen molar-refractivity contribution >= 4 is 12.4 Å². The molecule has 1 aromatic rings. The van der Waals surface area contributed by atoms with Crippen molar-refractivity contribution in [3.63, 3.8) is 0 Å². The minimum absolute atomic E-state index is 0. The normalized spacial score (nSPS) is 17.3. The summed E-state index contributed by atoms with van der Waals surface area (Å²) in [7, 11) is 0. The first kappa shape index (κ1) is 10.4. The number of ether oxygens (including phenoxy) is 1. The van der Waals surface area contributed by atoms with Gasteiger partial charge in [0.2, 0.25) is 0 Å². The molecule has 2 N–H and O–H groups in total. The largest absolute Gasteiger partial charge is 0.492 e. The second-order valence-corrected chi connectivity index (χ2v) is 3.46. The van der Waals surface area contributed by atoms with E-state index in [-0.39, 0.29) is 17.9 Å². The van der Waals surface area contributed by atoms with Crippen LogP contribution in [0.3, 0.4) is 0 Å². The van der Waals surface area contributed by atoms with Crippen molar-refractivity contribution in [2.45, 2.75) is 18.4 Å². The average Bonchev–Trinajstić information content (AvgIpc) is 2.84. The highest BCUT2D eigenvalue weighted by molar-refractivity contribution is 5.85. The van der Waals surface area contributed by atoms with Gasteiger partial charge in [0.25, 0.3) is 0 Å². The molecular formula is C10H14ClNO. The van der Waals surface area contributed by atoms with E-state index in [0.29, 0.717) is 6.61 Å². The molecule has 3 heteroatoms. The summed E-state index contributed by atoms with van der Waals surface area (Å²) < 4.78 is 5.51. The molecule has 13 heavy (non-hydrogen) atoms. The van der Waals surface area contributed by atoms with Crippen LogP contribution in [0, 0.1) is 0 Å². The highest BCUT2D eigenvalue weighted by atomic mass is 35.5. The fraction of sp³-hybridized carbons (Fsp3) is 0.400. The molecule has 1 fully saturated rings. The van der Waals surface area contributed by atoms with Gasteiger partial charge in [-0.1, -0.05) is 18.2 Å². The first-order valence-corrected chi connectivity index (χ1v) is 4.25. The van der Waals surface area contributed by atoms with E-state index in [2.05, 4.69) is 0 Å². The van der Waals surface area contributed by atoms with Crippen molar-refractivity contribution in [2.24, 2.45) is 5.73 Å². The Hall–Kier alpha value is -0.730. The van der Waals surface area contributed by atoms with Gasteiger partial charge >= 0.3 is 0 Å². The van der Waals surface area contributed by atoms with Crippen molar-refractivity contribution in [1.82, 2.24) is 0 Å². The maximum atomic E-state index is 5.87. The van der Waals surface area contributed by atoms with E-state index in [1.807, 2.05) is 30.3 Å². The summed E-state index contributed by atoms with van der Waals surface area (Å²) in [4.78, 5) is 0. The van der Waals surface area contributed by atoms with Gasteiger partial charge in [0.1, 0.15) is 12.4 Å². The lowest BCUT2D eigenvalue weighted by molar-refractivity contribution is 0.279. The molecule has 0 heterocycles. The molecule has 2 nitrogen and oxygen atoms in total. The molecule has 0 spiro atoms. The molecule has 1 aromatic carbocycles. The van der Waals surface area contributed by atoms with Gasteiger partial charge in [-0.2, -0.15) is 0 Å². The summed E-state index contributed by atoms with van der Waals surface area (Å²) in [5.41, 5.74) is 5.85. The minimum atomic E-state index is -0.0180. The van der Waals surface area contributed by atoms with Crippen molar-refractivity contribution in [3.8, 4) is 5.75 Å². The standard InChI is InChI=1S/C10H13NO.ClH/c11-10(6-7-10)8-12-9-4-2-1-3-5-9;/h1-5H,6-8,11H2;1H. The van der Waals surface area contributed by atoms with E-state index in [0.717, 1.165) is 18.6 Å². The molecule has 0 saturated heterocycles. The molecule has 0 aliphatic heterocycles. The third kappa shape index (κ3) is 2.90. The van der Waals surface area contributed by atoms with Crippen molar-refractivity contribution < 1.29 is 4.74 Å². The van der Waals surface area contributed by atoms with Crippen LogP contribution in [0.15, 0.2) is 30.3 Å². The molecule has 0 aromatic heterocycles. The first-order valence-electron chi connectivity index (χ1n) is 4.25. The minimum Gasteiger partial charge on any atom is -0.492 e.